The highest BCUT2D eigenvalue weighted by molar-refractivity contribution is 9.25. The second kappa shape index (κ2) is 10.6. The van der Waals surface area contributed by atoms with Gasteiger partial charge in [0.2, 0.25) is 0 Å². The maximum Gasteiger partial charge on any atom is 0.139 e. The lowest BCUT2D eigenvalue weighted by molar-refractivity contribution is 1.36. The molecule has 0 saturated carbocycles. The average Bonchev–Trinajstić information content (AvgIpc) is 2.67. The van der Waals surface area contributed by atoms with Gasteiger partial charge < -0.3 is 11.5 Å². The largest absolute Gasteiger partial charge is 0.384 e. The van der Waals surface area contributed by atoms with E-state index in [0.717, 1.165) is 21.9 Å². The molecular formula is C18H15N4S7-. The first-order valence-electron chi connectivity index (χ1n) is 7.76. The van der Waals surface area contributed by atoms with E-state index in [2.05, 4.69) is 73.2 Å². The number of nitrogen functional groups attached to an aromatic ring is 2. The van der Waals surface area contributed by atoms with Crippen molar-refractivity contribution < 1.29 is 0 Å². The Labute approximate surface area is 194 Å². The standard InChI is InChI=1S/C18H14N4.HS7/c19-17(20)13-8-5-12(6-9-13)7-10-16-15-4-2-1-3-14(15)11-22-18(16)21;1-6(2)7(3,4)5/h1-6,8-9,11H,(H3,19,20)(H2,21,22);(H,3,4,5)/q;-1. The van der Waals surface area contributed by atoms with E-state index in [4.69, 9.17) is 16.9 Å². The number of rotatable bonds is 2. The Morgan fingerprint density at radius 1 is 1.07 bits per heavy atom. The molecule has 150 valence electrons. The summed E-state index contributed by atoms with van der Waals surface area (Å²) in [5.41, 5.74) is 13.6. The van der Waals surface area contributed by atoms with Gasteiger partial charge in [-0.2, -0.15) is 0 Å². The van der Waals surface area contributed by atoms with Crippen LogP contribution in [0, 0.1) is 17.3 Å². The number of fused-ring (bicyclic) bond motifs is 1. The molecule has 0 amide bonds. The number of amidine groups is 1. The Balaban J connectivity index is 0.000000370. The van der Waals surface area contributed by atoms with Gasteiger partial charge in [-0.1, -0.05) is 70.6 Å². The highest BCUT2D eigenvalue weighted by Gasteiger charge is 2.03. The fourth-order valence-corrected chi connectivity index (χ4v) is 2.18. The number of aromatic nitrogens is 1. The van der Waals surface area contributed by atoms with E-state index >= 15 is 0 Å². The number of pyridine rings is 1. The zero-order valence-corrected chi connectivity index (χ0v) is 20.5. The van der Waals surface area contributed by atoms with E-state index in [0.29, 0.717) is 11.4 Å². The van der Waals surface area contributed by atoms with Gasteiger partial charge in [0.15, 0.2) is 0 Å². The summed E-state index contributed by atoms with van der Waals surface area (Å²) in [6.45, 7) is 0. The molecule has 0 fully saturated rings. The molecule has 11 heteroatoms. The van der Waals surface area contributed by atoms with Crippen LogP contribution in [-0.2, 0) is 57.0 Å². The van der Waals surface area contributed by atoms with Crippen LogP contribution in [0.4, 0.5) is 5.82 Å². The molecule has 1 heterocycles. The van der Waals surface area contributed by atoms with Crippen molar-refractivity contribution in [3.8, 4) is 11.8 Å². The normalized spacial score (nSPS) is 10.6. The molecule has 0 aliphatic carbocycles. The van der Waals surface area contributed by atoms with Crippen molar-refractivity contribution in [2.75, 3.05) is 5.73 Å². The van der Waals surface area contributed by atoms with E-state index in [1.165, 1.54) is 0 Å². The molecule has 29 heavy (non-hydrogen) atoms. The fraction of sp³-hybridized carbons (Fsp3) is 0. The second-order valence-electron chi connectivity index (χ2n) is 5.48. The number of benzene rings is 2. The molecule has 3 rings (SSSR count). The zero-order valence-electron chi connectivity index (χ0n) is 14.7. The summed E-state index contributed by atoms with van der Waals surface area (Å²) in [6, 6.07) is 15.1. The minimum absolute atomic E-state index is 0.0435. The van der Waals surface area contributed by atoms with Crippen molar-refractivity contribution in [1.29, 1.82) is 5.41 Å². The third kappa shape index (κ3) is 7.11. The molecule has 5 N–H and O–H groups in total. The minimum Gasteiger partial charge on any atom is -0.384 e. The molecule has 0 aliphatic heterocycles. The summed E-state index contributed by atoms with van der Waals surface area (Å²) in [5, 5.41) is 7.65. The Bertz CT molecular complexity index is 1290. The predicted octanol–water partition coefficient (Wildman–Crippen LogP) is 2.87. The van der Waals surface area contributed by atoms with Crippen molar-refractivity contribution >= 4 is 91.1 Å². The fourth-order valence-electron chi connectivity index (χ4n) is 2.18. The number of nitrogens with zero attached hydrogens (tertiary/aromatic N) is 1. The van der Waals surface area contributed by atoms with Crippen LogP contribution in [0.5, 0.6) is 0 Å². The summed E-state index contributed by atoms with van der Waals surface area (Å²) < 4.78 is 0. The van der Waals surface area contributed by atoms with Crippen molar-refractivity contribution in [3.05, 3.63) is 71.4 Å². The molecule has 0 bridgehead atoms. The zero-order chi connectivity index (χ0) is 21.6. The first-order valence-corrected chi connectivity index (χ1v) is 15.9. The highest BCUT2D eigenvalue weighted by Crippen LogP contribution is 2.21. The summed E-state index contributed by atoms with van der Waals surface area (Å²) in [4.78, 5) is 4.19. The smallest absolute Gasteiger partial charge is 0.139 e. The van der Waals surface area contributed by atoms with Gasteiger partial charge in [0.1, 0.15) is 11.7 Å². The van der Waals surface area contributed by atoms with E-state index in [1.54, 1.807) is 18.3 Å². The Morgan fingerprint density at radius 2 is 1.66 bits per heavy atom. The molecule has 2 aromatic carbocycles. The summed E-state index contributed by atoms with van der Waals surface area (Å²) in [6.07, 6.45) is 1.75. The molecule has 3 aromatic rings. The number of nitrogens with two attached hydrogens (primary N) is 2. The topological polar surface area (TPSA) is 88.8 Å². The van der Waals surface area contributed by atoms with Crippen molar-refractivity contribution in [3.63, 3.8) is 0 Å². The van der Waals surface area contributed by atoms with Crippen LogP contribution in [-0.4, -0.2) is 10.8 Å². The Kier molecular flexibility index (Phi) is 8.72. The quantitative estimate of drug-likeness (QED) is 0.105. The minimum atomic E-state index is -1.72. The van der Waals surface area contributed by atoms with Gasteiger partial charge in [0.25, 0.3) is 0 Å². The van der Waals surface area contributed by atoms with E-state index < -0.39 is 12.3 Å². The molecule has 0 saturated heterocycles. The maximum atomic E-state index is 7.38. The van der Waals surface area contributed by atoms with Crippen LogP contribution in [0.3, 0.4) is 0 Å². The maximum absolute atomic E-state index is 7.38. The lowest BCUT2D eigenvalue weighted by Gasteiger charge is -2.03. The number of hydrogen-bond donors (Lipinski definition) is 4. The molecule has 0 spiro atoms. The highest BCUT2D eigenvalue weighted by atomic mass is 33.9. The van der Waals surface area contributed by atoms with Crippen LogP contribution in [0.25, 0.3) is 10.8 Å². The molecule has 0 unspecified atom stereocenters. The van der Waals surface area contributed by atoms with Crippen molar-refractivity contribution in [2.24, 2.45) is 5.73 Å². The Morgan fingerprint density at radius 3 is 2.21 bits per heavy atom. The molecule has 1 aromatic heterocycles. The van der Waals surface area contributed by atoms with E-state index in [9.17, 15) is 0 Å². The second-order valence-corrected chi connectivity index (χ2v) is 21.9. The number of thiol groups is 1. The van der Waals surface area contributed by atoms with Crippen LogP contribution < -0.4 is 11.5 Å². The summed E-state index contributed by atoms with van der Waals surface area (Å²) in [7, 11) is -0.689. The lowest BCUT2D eigenvalue weighted by atomic mass is 10.1. The number of hydrogen-bond acceptors (Lipinski definition) is 8. The van der Waals surface area contributed by atoms with Gasteiger partial charge in [-0.3, -0.25) is 12.5 Å². The first kappa shape index (κ1) is 23.9. The third-order valence-electron chi connectivity index (χ3n) is 3.53. The van der Waals surface area contributed by atoms with Gasteiger partial charge >= 0.3 is 0 Å². The van der Waals surface area contributed by atoms with Gasteiger partial charge in [0, 0.05) is 28.1 Å². The van der Waals surface area contributed by atoms with Gasteiger partial charge in [-0.25, -0.2) is 27.4 Å². The van der Waals surface area contributed by atoms with E-state index in [-0.39, 0.29) is 5.84 Å². The molecule has 0 atom stereocenters. The number of nitrogens with one attached hydrogen (secondary N) is 1. The lowest BCUT2D eigenvalue weighted by Crippen LogP contribution is -2.10. The van der Waals surface area contributed by atoms with Gasteiger partial charge in [-0.05, 0) is 12.1 Å². The van der Waals surface area contributed by atoms with Crippen LogP contribution in [0.2, 0.25) is 0 Å². The van der Waals surface area contributed by atoms with Crippen LogP contribution in [0.15, 0.2) is 54.7 Å². The Hall–Kier alpha value is -1.39. The van der Waals surface area contributed by atoms with Crippen molar-refractivity contribution in [2.45, 2.75) is 0 Å². The monoisotopic (exact) mass is 511 g/mol. The predicted molar refractivity (Wildman–Crippen MR) is 143 cm³/mol. The average molecular weight is 512 g/mol. The van der Waals surface area contributed by atoms with E-state index in [1.807, 2.05) is 36.4 Å². The SMILES string of the molecule is N=C(N)c1ccc(C#Cc2c(N)ncc3ccccc23)cc1.S=[S-](=S)S(=S)(=S)S. The van der Waals surface area contributed by atoms with Crippen molar-refractivity contribution in [1.82, 2.24) is 4.98 Å². The molecular weight excluding hydrogens is 497 g/mol. The number of anilines is 1. The molecule has 0 aliphatic rings. The molecule has 4 nitrogen and oxygen atoms in total. The van der Waals surface area contributed by atoms with Crippen LogP contribution >= 0.6 is 11.7 Å². The van der Waals surface area contributed by atoms with Gasteiger partial charge in [-0.15, -0.1) is 16.9 Å². The van der Waals surface area contributed by atoms with Crippen LogP contribution in [0.1, 0.15) is 16.7 Å². The first-order chi connectivity index (χ1) is 13.6. The summed E-state index contributed by atoms with van der Waals surface area (Å²) in [5.74, 6) is 6.64. The van der Waals surface area contributed by atoms with Gasteiger partial charge in [0.05, 0.1) is 5.56 Å². The summed E-state index contributed by atoms with van der Waals surface area (Å²) >= 11 is 22.4. The third-order valence-corrected chi connectivity index (χ3v) is 17.3. The molecule has 0 radical (unpaired) electrons.